The summed E-state index contributed by atoms with van der Waals surface area (Å²) in [5, 5.41) is 7.31. The van der Waals surface area contributed by atoms with Gasteiger partial charge in [-0.2, -0.15) is 13.2 Å². The second kappa shape index (κ2) is 6.51. The van der Waals surface area contributed by atoms with E-state index in [9.17, 15) is 18.0 Å². The molecule has 1 aromatic heterocycles. The van der Waals surface area contributed by atoms with E-state index < -0.39 is 17.7 Å². The van der Waals surface area contributed by atoms with Crippen LogP contribution in [0.3, 0.4) is 0 Å². The van der Waals surface area contributed by atoms with Crippen LogP contribution in [0.5, 0.6) is 0 Å². The average molecular weight is 345 g/mol. The lowest BCUT2D eigenvalue weighted by atomic mass is 10.1. The summed E-state index contributed by atoms with van der Waals surface area (Å²) < 4.78 is 40.0. The summed E-state index contributed by atoms with van der Waals surface area (Å²) in [5.74, 6) is -2.00. The molecule has 0 bridgehead atoms. The number of alkyl halides is 3. The molecular weight excluding hydrogens is 331 g/mol. The van der Waals surface area contributed by atoms with E-state index in [1.54, 1.807) is 24.3 Å². The van der Waals surface area contributed by atoms with E-state index in [2.05, 4.69) is 10.3 Å². The van der Waals surface area contributed by atoms with Gasteiger partial charge in [0, 0.05) is 5.56 Å². The molecule has 0 unspecified atom stereocenters. The molecule has 0 aliphatic carbocycles. The van der Waals surface area contributed by atoms with Crippen molar-refractivity contribution in [1.82, 2.24) is 15.0 Å². The Balaban J connectivity index is 2.11. The number of aromatic nitrogens is 3. The summed E-state index contributed by atoms with van der Waals surface area (Å²) >= 11 is 0. The number of Topliss-reactive ketones (excluding diaryl/α,β-unsaturated/α-hetero) is 1. The molecule has 0 saturated heterocycles. The topological polar surface area (TPSA) is 47.8 Å². The minimum atomic E-state index is -5.01. The minimum absolute atomic E-state index is 0.0613. The van der Waals surface area contributed by atoms with E-state index in [4.69, 9.17) is 0 Å². The maximum absolute atomic E-state index is 12.9. The average Bonchev–Trinajstić information content (AvgIpc) is 2.98. The van der Waals surface area contributed by atoms with E-state index in [1.807, 2.05) is 37.3 Å². The fourth-order valence-electron chi connectivity index (χ4n) is 2.46. The number of carbonyl (C=O) groups excluding carboxylic acids is 1. The number of halogens is 3. The predicted molar refractivity (Wildman–Crippen MR) is 86.1 cm³/mol. The van der Waals surface area contributed by atoms with Crippen molar-refractivity contribution in [2.24, 2.45) is 0 Å². The Labute approximate surface area is 141 Å². The summed E-state index contributed by atoms with van der Waals surface area (Å²) in [6.45, 7) is 2.08. The van der Waals surface area contributed by atoms with Crippen molar-refractivity contribution in [3.05, 3.63) is 71.4 Å². The van der Waals surface area contributed by atoms with E-state index in [1.165, 1.54) is 4.68 Å². The van der Waals surface area contributed by atoms with Crippen LogP contribution >= 0.6 is 0 Å². The first-order valence-corrected chi connectivity index (χ1v) is 7.52. The van der Waals surface area contributed by atoms with Crippen molar-refractivity contribution in [3.8, 4) is 11.3 Å². The van der Waals surface area contributed by atoms with Gasteiger partial charge in [0.1, 0.15) is 5.69 Å². The molecule has 0 aliphatic rings. The zero-order chi connectivity index (χ0) is 18.0. The van der Waals surface area contributed by atoms with Gasteiger partial charge in [-0.25, -0.2) is 4.68 Å². The van der Waals surface area contributed by atoms with Crippen LogP contribution in [0, 0.1) is 6.92 Å². The Morgan fingerprint density at radius 3 is 2.28 bits per heavy atom. The molecule has 0 fully saturated rings. The molecule has 3 rings (SSSR count). The number of benzene rings is 2. The van der Waals surface area contributed by atoms with Crippen molar-refractivity contribution in [3.63, 3.8) is 0 Å². The van der Waals surface area contributed by atoms with Gasteiger partial charge in [0.05, 0.1) is 6.54 Å². The first-order chi connectivity index (χ1) is 11.9. The third-order valence-corrected chi connectivity index (χ3v) is 3.71. The van der Waals surface area contributed by atoms with E-state index in [0.717, 1.165) is 11.1 Å². The number of ketones is 1. The van der Waals surface area contributed by atoms with Crippen LogP contribution in [-0.2, 0) is 6.54 Å². The van der Waals surface area contributed by atoms with Gasteiger partial charge in [-0.15, -0.1) is 5.10 Å². The number of rotatable bonds is 4. The lowest BCUT2D eigenvalue weighted by Gasteiger charge is -2.10. The zero-order valence-corrected chi connectivity index (χ0v) is 13.3. The molecule has 0 amide bonds. The largest absolute Gasteiger partial charge is 0.456 e. The predicted octanol–water partition coefficient (Wildman–Crippen LogP) is 4.05. The lowest BCUT2D eigenvalue weighted by Crippen LogP contribution is -2.24. The Bertz CT molecular complexity index is 884. The first-order valence-electron chi connectivity index (χ1n) is 7.52. The van der Waals surface area contributed by atoms with Gasteiger partial charge in [-0.1, -0.05) is 65.4 Å². The third kappa shape index (κ3) is 3.60. The maximum atomic E-state index is 12.9. The summed E-state index contributed by atoms with van der Waals surface area (Å²) in [6, 6.07) is 16.0. The molecule has 128 valence electrons. The SMILES string of the molecule is Cc1ccc(-c2c(C(=O)C(F)(F)F)nnn2Cc2ccccc2)cc1. The van der Waals surface area contributed by atoms with Crippen LogP contribution < -0.4 is 0 Å². The van der Waals surface area contributed by atoms with Crippen molar-refractivity contribution in [1.29, 1.82) is 0 Å². The molecule has 0 radical (unpaired) electrons. The molecule has 4 nitrogen and oxygen atoms in total. The van der Waals surface area contributed by atoms with Crippen molar-refractivity contribution in [2.45, 2.75) is 19.6 Å². The Morgan fingerprint density at radius 2 is 1.68 bits per heavy atom. The van der Waals surface area contributed by atoms with Gasteiger partial charge in [0.25, 0.3) is 5.78 Å². The highest BCUT2D eigenvalue weighted by Crippen LogP contribution is 2.29. The molecule has 0 saturated carbocycles. The van der Waals surface area contributed by atoms with Crippen molar-refractivity contribution in [2.75, 3.05) is 0 Å². The van der Waals surface area contributed by atoms with Gasteiger partial charge in [-0.05, 0) is 12.5 Å². The summed E-state index contributed by atoms with van der Waals surface area (Å²) in [7, 11) is 0. The number of carbonyl (C=O) groups is 1. The minimum Gasteiger partial charge on any atom is -0.282 e. The molecule has 25 heavy (non-hydrogen) atoms. The van der Waals surface area contributed by atoms with Gasteiger partial charge >= 0.3 is 6.18 Å². The quantitative estimate of drug-likeness (QED) is 0.670. The van der Waals surface area contributed by atoms with Crippen molar-refractivity contribution >= 4 is 5.78 Å². The molecule has 0 N–H and O–H groups in total. The molecule has 7 heteroatoms. The third-order valence-electron chi connectivity index (χ3n) is 3.71. The van der Waals surface area contributed by atoms with Gasteiger partial charge in [0.15, 0.2) is 5.69 Å². The van der Waals surface area contributed by atoms with Crippen LogP contribution in [-0.4, -0.2) is 27.0 Å². The Kier molecular flexibility index (Phi) is 4.39. The monoisotopic (exact) mass is 345 g/mol. The van der Waals surface area contributed by atoms with Gasteiger partial charge in [-0.3, -0.25) is 4.79 Å². The van der Waals surface area contributed by atoms with Crippen LogP contribution in [0.1, 0.15) is 21.6 Å². The Hall–Kier alpha value is -2.96. The molecule has 3 aromatic rings. The fourth-order valence-corrected chi connectivity index (χ4v) is 2.46. The van der Waals surface area contributed by atoms with Gasteiger partial charge in [0.2, 0.25) is 0 Å². The second-order valence-corrected chi connectivity index (χ2v) is 5.62. The second-order valence-electron chi connectivity index (χ2n) is 5.62. The Morgan fingerprint density at radius 1 is 1.04 bits per heavy atom. The van der Waals surface area contributed by atoms with E-state index in [-0.39, 0.29) is 12.2 Å². The fraction of sp³-hybridized carbons (Fsp3) is 0.167. The highest BCUT2D eigenvalue weighted by molar-refractivity contribution is 6.03. The summed E-state index contributed by atoms with van der Waals surface area (Å²) in [6.07, 6.45) is -5.01. The number of hydrogen-bond acceptors (Lipinski definition) is 3. The van der Waals surface area contributed by atoms with Crippen molar-refractivity contribution < 1.29 is 18.0 Å². The normalized spacial score (nSPS) is 11.5. The molecule has 0 spiro atoms. The van der Waals surface area contributed by atoms with E-state index >= 15 is 0 Å². The van der Waals surface area contributed by atoms with Crippen LogP contribution in [0.25, 0.3) is 11.3 Å². The number of aryl methyl sites for hydroxylation is 1. The summed E-state index contributed by atoms with van der Waals surface area (Å²) in [5.41, 5.74) is 1.62. The molecule has 2 aromatic carbocycles. The highest BCUT2D eigenvalue weighted by atomic mass is 19.4. The van der Waals surface area contributed by atoms with Gasteiger partial charge < -0.3 is 0 Å². The van der Waals surface area contributed by atoms with E-state index in [0.29, 0.717) is 5.56 Å². The number of nitrogens with zero attached hydrogens (tertiary/aromatic N) is 3. The molecule has 0 aliphatic heterocycles. The first kappa shape index (κ1) is 16.9. The van der Waals surface area contributed by atoms with Crippen LogP contribution in [0.2, 0.25) is 0 Å². The smallest absolute Gasteiger partial charge is 0.282 e. The molecule has 1 heterocycles. The number of hydrogen-bond donors (Lipinski definition) is 0. The standard InChI is InChI=1S/C18H14F3N3O/c1-12-7-9-14(10-8-12)16-15(17(25)18(19,20)21)22-23-24(16)11-13-5-3-2-4-6-13/h2-10H,11H2,1H3. The summed E-state index contributed by atoms with van der Waals surface area (Å²) in [4.78, 5) is 11.8. The zero-order valence-electron chi connectivity index (χ0n) is 13.3. The van der Waals surface area contributed by atoms with Crippen LogP contribution in [0.15, 0.2) is 54.6 Å². The molecular formula is C18H14F3N3O. The molecule has 0 atom stereocenters. The van der Waals surface area contributed by atoms with Crippen LogP contribution in [0.4, 0.5) is 13.2 Å². The maximum Gasteiger partial charge on any atom is 0.456 e. The highest BCUT2D eigenvalue weighted by Gasteiger charge is 2.43. The lowest BCUT2D eigenvalue weighted by molar-refractivity contribution is -0.0887.